The van der Waals surface area contributed by atoms with Crippen LogP contribution in [0.3, 0.4) is 0 Å². The molecule has 2 aromatic rings. The van der Waals surface area contributed by atoms with Crippen molar-refractivity contribution in [2.45, 2.75) is 19.1 Å². The topological polar surface area (TPSA) is 38.7 Å². The third-order valence-corrected chi connectivity index (χ3v) is 3.11. The van der Waals surface area contributed by atoms with Crippen molar-refractivity contribution in [2.75, 3.05) is 7.11 Å². The minimum Gasteiger partial charge on any atom is -0.497 e. The van der Waals surface area contributed by atoms with Crippen molar-refractivity contribution >= 4 is 0 Å². The Kier molecular flexibility index (Phi) is 4.75. The zero-order chi connectivity index (χ0) is 15.4. The minimum absolute atomic E-state index is 0.100. The molecule has 2 atom stereocenters. The Morgan fingerprint density at radius 2 is 1.71 bits per heavy atom. The second-order valence-electron chi connectivity index (χ2n) is 4.62. The van der Waals surface area contributed by atoms with Crippen LogP contribution in [0.25, 0.3) is 0 Å². The first-order chi connectivity index (χ1) is 10.0. The first-order valence-corrected chi connectivity index (χ1v) is 6.45. The van der Waals surface area contributed by atoms with Crippen LogP contribution in [0.1, 0.15) is 18.6 Å². The molecule has 0 saturated heterocycles. The first-order valence-electron chi connectivity index (χ1n) is 6.45. The fraction of sp³-hybridized carbons (Fsp3) is 0.250. The molecule has 0 fully saturated rings. The van der Waals surface area contributed by atoms with E-state index < -0.39 is 23.8 Å². The van der Waals surface area contributed by atoms with Crippen LogP contribution in [0.4, 0.5) is 8.78 Å². The number of aliphatic hydroxyl groups excluding tert-OH is 1. The largest absolute Gasteiger partial charge is 0.497 e. The Morgan fingerprint density at radius 1 is 1.05 bits per heavy atom. The predicted octanol–water partition coefficient (Wildman–Crippen LogP) is 3.47. The molecule has 0 spiro atoms. The average Bonchev–Trinajstić information content (AvgIpc) is 2.49. The third kappa shape index (κ3) is 3.70. The number of hydrogen-bond donors (Lipinski definition) is 1. The number of hydrogen-bond acceptors (Lipinski definition) is 3. The van der Waals surface area contributed by atoms with Gasteiger partial charge in [-0.3, -0.25) is 0 Å². The van der Waals surface area contributed by atoms with E-state index >= 15 is 0 Å². The molecule has 0 aromatic heterocycles. The molecule has 3 nitrogen and oxygen atoms in total. The van der Waals surface area contributed by atoms with Crippen molar-refractivity contribution in [1.82, 2.24) is 0 Å². The van der Waals surface area contributed by atoms with E-state index in [4.69, 9.17) is 9.47 Å². The van der Waals surface area contributed by atoms with Crippen molar-refractivity contribution in [3.05, 3.63) is 59.7 Å². The summed E-state index contributed by atoms with van der Waals surface area (Å²) in [5.74, 6) is -0.910. The molecule has 21 heavy (non-hydrogen) atoms. The molecule has 0 heterocycles. The summed E-state index contributed by atoms with van der Waals surface area (Å²) in [5.41, 5.74) is 0.616. The van der Waals surface area contributed by atoms with E-state index in [1.165, 1.54) is 6.07 Å². The highest BCUT2D eigenvalue weighted by Crippen LogP contribution is 2.25. The predicted molar refractivity (Wildman–Crippen MR) is 74.4 cm³/mol. The minimum atomic E-state index is -0.944. The van der Waals surface area contributed by atoms with E-state index in [2.05, 4.69) is 0 Å². The van der Waals surface area contributed by atoms with Crippen LogP contribution in [-0.2, 0) is 0 Å². The van der Waals surface area contributed by atoms with Crippen LogP contribution in [0.5, 0.6) is 11.5 Å². The fourth-order valence-corrected chi connectivity index (χ4v) is 1.91. The molecule has 2 unspecified atom stereocenters. The summed E-state index contributed by atoms with van der Waals surface area (Å²) >= 11 is 0. The van der Waals surface area contributed by atoms with Crippen LogP contribution < -0.4 is 9.47 Å². The van der Waals surface area contributed by atoms with Crippen LogP contribution in [0.15, 0.2) is 42.5 Å². The molecule has 5 heteroatoms. The van der Waals surface area contributed by atoms with Gasteiger partial charge in [0.1, 0.15) is 23.8 Å². The summed E-state index contributed by atoms with van der Waals surface area (Å²) in [6.07, 6.45) is -1.64. The fourth-order valence-electron chi connectivity index (χ4n) is 1.91. The molecule has 112 valence electrons. The number of ether oxygens (including phenoxy) is 2. The lowest BCUT2D eigenvalue weighted by Crippen LogP contribution is -2.22. The van der Waals surface area contributed by atoms with Gasteiger partial charge in [0.25, 0.3) is 0 Å². The van der Waals surface area contributed by atoms with Crippen molar-refractivity contribution in [1.29, 1.82) is 0 Å². The van der Waals surface area contributed by atoms with Crippen LogP contribution >= 0.6 is 0 Å². The maximum absolute atomic E-state index is 13.5. The zero-order valence-corrected chi connectivity index (χ0v) is 11.7. The smallest absolute Gasteiger partial charge is 0.167 e. The SMILES string of the molecule is COc1ccc(C(O)C(C)Oc2ccc(F)cc2F)cc1. The average molecular weight is 294 g/mol. The molecule has 0 amide bonds. The van der Waals surface area contributed by atoms with Crippen molar-refractivity contribution in [3.8, 4) is 11.5 Å². The van der Waals surface area contributed by atoms with Gasteiger partial charge < -0.3 is 14.6 Å². The number of halogens is 2. The van der Waals surface area contributed by atoms with Gasteiger partial charge in [-0.2, -0.15) is 0 Å². The summed E-state index contributed by atoms with van der Waals surface area (Å²) in [7, 11) is 1.55. The van der Waals surface area contributed by atoms with E-state index in [1.54, 1.807) is 38.3 Å². The summed E-state index contributed by atoms with van der Waals surface area (Å²) in [5, 5.41) is 10.2. The normalized spacial score (nSPS) is 13.6. The monoisotopic (exact) mass is 294 g/mol. The summed E-state index contributed by atoms with van der Waals surface area (Å²) in [6.45, 7) is 1.61. The summed E-state index contributed by atoms with van der Waals surface area (Å²) in [6, 6.07) is 9.86. The second kappa shape index (κ2) is 6.54. The van der Waals surface area contributed by atoms with Gasteiger partial charge in [-0.25, -0.2) is 8.78 Å². The number of benzene rings is 2. The highest BCUT2D eigenvalue weighted by molar-refractivity contribution is 5.29. The van der Waals surface area contributed by atoms with Gasteiger partial charge in [0.05, 0.1) is 7.11 Å². The second-order valence-corrected chi connectivity index (χ2v) is 4.62. The number of methoxy groups -OCH3 is 1. The van der Waals surface area contributed by atoms with E-state index in [1.807, 2.05) is 0 Å². The molecular formula is C16H16F2O3. The van der Waals surface area contributed by atoms with E-state index in [9.17, 15) is 13.9 Å². The maximum atomic E-state index is 13.5. The lowest BCUT2D eigenvalue weighted by molar-refractivity contribution is 0.0443. The van der Waals surface area contributed by atoms with Crippen molar-refractivity contribution in [2.24, 2.45) is 0 Å². The third-order valence-electron chi connectivity index (χ3n) is 3.11. The van der Waals surface area contributed by atoms with E-state index in [0.717, 1.165) is 12.1 Å². The Balaban J connectivity index is 2.09. The molecular weight excluding hydrogens is 278 g/mol. The standard InChI is InChI=1S/C16H16F2O3/c1-10(21-15-8-5-12(17)9-14(15)18)16(19)11-3-6-13(20-2)7-4-11/h3-10,16,19H,1-2H3. The van der Waals surface area contributed by atoms with Gasteiger partial charge >= 0.3 is 0 Å². The highest BCUT2D eigenvalue weighted by Gasteiger charge is 2.19. The Bertz CT molecular complexity index is 599. The van der Waals surface area contributed by atoms with Crippen LogP contribution in [0, 0.1) is 11.6 Å². The molecule has 2 aromatic carbocycles. The Labute approximate surface area is 121 Å². The highest BCUT2D eigenvalue weighted by atomic mass is 19.1. The molecule has 0 aliphatic carbocycles. The Morgan fingerprint density at radius 3 is 2.29 bits per heavy atom. The van der Waals surface area contributed by atoms with Gasteiger partial charge in [-0.1, -0.05) is 12.1 Å². The van der Waals surface area contributed by atoms with Crippen molar-refractivity contribution < 1.29 is 23.4 Å². The summed E-state index contributed by atoms with van der Waals surface area (Å²) in [4.78, 5) is 0. The molecule has 0 radical (unpaired) electrons. The van der Waals surface area contributed by atoms with Crippen LogP contribution in [-0.4, -0.2) is 18.3 Å². The van der Waals surface area contributed by atoms with E-state index in [0.29, 0.717) is 11.3 Å². The molecule has 0 aliphatic rings. The molecule has 0 saturated carbocycles. The Hall–Kier alpha value is -2.14. The lowest BCUT2D eigenvalue weighted by atomic mass is 10.1. The van der Waals surface area contributed by atoms with Gasteiger partial charge in [0.2, 0.25) is 0 Å². The number of rotatable bonds is 5. The van der Waals surface area contributed by atoms with E-state index in [-0.39, 0.29) is 5.75 Å². The first kappa shape index (κ1) is 15.3. The van der Waals surface area contributed by atoms with Gasteiger partial charge in [0, 0.05) is 6.07 Å². The van der Waals surface area contributed by atoms with Gasteiger partial charge in [0.15, 0.2) is 11.6 Å². The molecule has 1 N–H and O–H groups in total. The molecule has 0 aliphatic heterocycles. The van der Waals surface area contributed by atoms with Crippen molar-refractivity contribution in [3.63, 3.8) is 0 Å². The molecule has 0 bridgehead atoms. The number of aliphatic hydroxyl groups is 1. The zero-order valence-electron chi connectivity index (χ0n) is 11.7. The van der Waals surface area contributed by atoms with Crippen LogP contribution in [0.2, 0.25) is 0 Å². The lowest BCUT2D eigenvalue weighted by Gasteiger charge is -2.21. The maximum Gasteiger partial charge on any atom is 0.167 e. The summed E-state index contributed by atoms with van der Waals surface area (Å²) < 4.78 is 36.7. The van der Waals surface area contributed by atoms with Gasteiger partial charge in [-0.05, 0) is 36.8 Å². The van der Waals surface area contributed by atoms with Gasteiger partial charge in [-0.15, -0.1) is 0 Å². The molecule has 2 rings (SSSR count). The quantitative estimate of drug-likeness (QED) is 0.917.